The third kappa shape index (κ3) is 3.31. The van der Waals surface area contributed by atoms with Crippen LogP contribution in [0.25, 0.3) is 10.9 Å². The van der Waals surface area contributed by atoms with Crippen LogP contribution in [0, 0.1) is 6.92 Å². The Morgan fingerprint density at radius 2 is 2.17 bits per heavy atom. The average molecular weight is 311 g/mol. The van der Waals surface area contributed by atoms with Gasteiger partial charge in [-0.15, -0.1) is 0 Å². The van der Waals surface area contributed by atoms with Crippen LogP contribution < -0.4 is 10.1 Å². The van der Waals surface area contributed by atoms with Gasteiger partial charge in [-0.3, -0.25) is 9.78 Å². The number of pyridine rings is 1. The molecule has 6 heteroatoms. The Bertz CT molecular complexity index is 823. The number of ether oxygens (including phenoxy) is 1. The van der Waals surface area contributed by atoms with Crippen LogP contribution >= 0.6 is 0 Å². The maximum absolute atomic E-state index is 12.4. The van der Waals surface area contributed by atoms with Crippen LogP contribution in [-0.4, -0.2) is 22.2 Å². The van der Waals surface area contributed by atoms with E-state index in [0.717, 1.165) is 10.9 Å². The van der Waals surface area contributed by atoms with Gasteiger partial charge in [0.25, 0.3) is 5.91 Å². The fourth-order valence-electron chi connectivity index (χ4n) is 2.28. The van der Waals surface area contributed by atoms with Crippen LogP contribution in [0.15, 0.2) is 47.1 Å². The number of aromatic nitrogens is 2. The van der Waals surface area contributed by atoms with Gasteiger partial charge in [-0.1, -0.05) is 30.3 Å². The maximum atomic E-state index is 12.4. The Hall–Kier alpha value is -2.89. The predicted octanol–water partition coefficient (Wildman–Crippen LogP) is 3.33. The minimum absolute atomic E-state index is 0.270. The van der Waals surface area contributed by atoms with Crippen molar-refractivity contribution in [1.82, 2.24) is 10.1 Å². The van der Waals surface area contributed by atoms with E-state index in [9.17, 15) is 4.79 Å². The van der Waals surface area contributed by atoms with Gasteiger partial charge in [0.2, 0.25) is 0 Å². The summed E-state index contributed by atoms with van der Waals surface area (Å²) < 4.78 is 10.8. The molecule has 0 bridgehead atoms. The predicted molar refractivity (Wildman–Crippen MR) is 86.3 cm³/mol. The molecule has 1 atom stereocenters. The van der Waals surface area contributed by atoms with Crippen molar-refractivity contribution in [2.45, 2.75) is 26.4 Å². The number of amides is 1. The Morgan fingerprint density at radius 3 is 2.91 bits per heavy atom. The number of fused-ring (bicyclic) bond motifs is 1. The maximum Gasteiger partial charge on any atom is 0.266 e. The van der Waals surface area contributed by atoms with E-state index < -0.39 is 6.10 Å². The number of benzene rings is 1. The van der Waals surface area contributed by atoms with Crippen molar-refractivity contribution in [3.05, 3.63) is 48.4 Å². The zero-order valence-corrected chi connectivity index (χ0v) is 12.9. The van der Waals surface area contributed by atoms with Gasteiger partial charge in [-0.05, 0) is 25.5 Å². The summed E-state index contributed by atoms with van der Waals surface area (Å²) in [6.45, 7) is 3.65. The fourth-order valence-corrected chi connectivity index (χ4v) is 2.28. The standard InChI is InChI=1S/C17H17N3O3/c1-3-13(17(21)19-15-10-11(2)23-20-15)22-14-8-4-6-12-7-5-9-18-16(12)14/h4-10,13H,3H2,1-2H3,(H,19,20,21)/t13-/m0/s1. The number of carbonyl (C=O) groups excluding carboxylic acids is 1. The molecule has 3 aromatic rings. The van der Waals surface area contributed by atoms with Gasteiger partial charge in [-0.25, -0.2) is 0 Å². The smallest absolute Gasteiger partial charge is 0.266 e. The lowest BCUT2D eigenvalue weighted by Crippen LogP contribution is -2.32. The van der Waals surface area contributed by atoms with Crippen LogP contribution in [0.3, 0.4) is 0 Å². The van der Waals surface area contributed by atoms with Gasteiger partial charge in [0.15, 0.2) is 11.9 Å². The molecule has 2 heterocycles. The summed E-state index contributed by atoms with van der Waals surface area (Å²) in [6, 6.07) is 11.1. The highest BCUT2D eigenvalue weighted by Crippen LogP contribution is 2.24. The second-order valence-corrected chi connectivity index (χ2v) is 5.16. The molecule has 0 saturated carbocycles. The van der Waals surface area contributed by atoms with E-state index in [1.165, 1.54) is 0 Å². The average Bonchev–Trinajstić information content (AvgIpc) is 2.97. The molecule has 0 radical (unpaired) electrons. The molecule has 1 amide bonds. The molecule has 118 valence electrons. The molecule has 0 aliphatic rings. The van der Waals surface area contributed by atoms with E-state index in [1.54, 1.807) is 19.2 Å². The van der Waals surface area contributed by atoms with Crippen LogP contribution in [0.2, 0.25) is 0 Å². The quantitative estimate of drug-likeness (QED) is 0.782. The summed E-state index contributed by atoms with van der Waals surface area (Å²) in [5.74, 6) is 1.33. The molecule has 0 saturated heterocycles. The lowest BCUT2D eigenvalue weighted by Gasteiger charge is -2.17. The van der Waals surface area contributed by atoms with E-state index in [4.69, 9.17) is 9.26 Å². The van der Waals surface area contributed by atoms with Crippen molar-refractivity contribution in [3.63, 3.8) is 0 Å². The lowest BCUT2D eigenvalue weighted by molar-refractivity contribution is -0.122. The van der Waals surface area contributed by atoms with Crippen LogP contribution in [0.4, 0.5) is 5.82 Å². The number of para-hydroxylation sites is 1. The second kappa shape index (κ2) is 6.48. The minimum Gasteiger partial charge on any atom is -0.478 e. The topological polar surface area (TPSA) is 77.2 Å². The Kier molecular flexibility index (Phi) is 4.23. The first kappa shape index (κ1) is 15.0. The number of hydrogen-bond acceptors (Lipinski definition) is 5. The molecule has 2 aromatic heterocycles. The normalized spacial score (nSPS) is 12.1. The molecule has 0 aliphatic heterocycles. The van der Waals surface area contributed by atoms with E-state index in [1.807, 2.05) is 37.3 Å². The number of carbonyl (C=O) groups is 1. The van der Waals surface area contributed by atoms with Crippen LogP contribution in [-0.2, 0) is 4.79 Å². The molecular formula is C17H17N3O3. The third-order valence-electron chi connectivity index (χ3n) is 3.41. The Morgan fingerprint density at radius 1 is 1.35 bits per heavy atom. The van der Waals surface area contributed by atoms with Gasteiger partial charge < -0.3 is 14.6 Å². The van der Waals surface area contributed by atoms with Crippen molar-refractivity contribution in [3.8, 4) is 5.75 Å². The van der Waals surface area contributed by atoms with E-state index in [2.05, 4.69) is 15.5 Å². The van der Waals surface area contributed by atoms with Crippen LogP contribution in [0.1, 0.15) is 19.1 Å². The lowest BCUT2D eigenvalue weighted by atomic mass is 10.2. The SMILES string of the molecule is CC[C@H](Oc1cccc2cccnc12)C(=O)Nc1cc(C)on1. The summed E-state index contributed by atoms with van der Waals surface area (Å²) in [7, 11) is 0. The van der Waals surface area contributed by atoms with Crippen molar-refractivity contribution in [1.29, 1.82) is 0 Å². The number of hydrogen-bond donors (Lipinski definition) is 1. The largest absolute Gasteiger partial charge is 0.478 e. The molecule has 1 aromatic carbocycles. The molecule has 1 N–H and O–H groups in total. The highest BCUT2D eigenvalue weighted by molar-refractivity contribution is 5.94. The summed E-state index contributed by atoms with van der Waals surface area (Å²) in [6.07, 6.45) is 1.58. The van der Waals surface area contributed by atoms with Crippen molar-refractivity contribution in [2.75, 3.05) is 5.32 Å². The highest BCUT2D eigenvalue weighted by atomic mass is 16.5. The van der Waals surface area contributed by atoms with Gasteiger partial charge in [-0.2, -0.15) is 0 Å². The Balaban J connectivity index is 1.79. The molecule has 0 aliphatic carbocycles. The second-order valence-electron chi connectivity index (χ2n) is 5.16. The van der Waals surface area contributed by atoms with Crippen molar-refractivity contribution in [2.24, 2.45) is 0 Å². The molecule has 0 unspecified atom stereocenters. The summed E-state index contributed by atoms with van der Waals surface area (Å²) >= 11 is 0. The third-order valence-corrected chi connectivity index (χ3v) is 3.41. The first-order valence-corrected chi connectivity index (χ1v) is 7.42. The van der Waals surface area contributed by atoms with E-state index in [-0.39, 0.29) is 5.91 Å². The number of anilines is 1. The number of nitrogens with zero attached hydrogens (tertiary/aromatic N) is 2. The Labute approximate surface area is 133 Å². The van der Waals surface area contributed by atoms with Crippen molar-refractivity contribution < 1.29 is 14.1 Å². The molecule has 3 rings (SSSR count). The molecule has 0 spiro atoms. The van der Waals surface area contributed by atoms with Crippen LogP contribution in [0.5, 0.6) is 5.75 Å². The molecular weight excluding hydrogens is 294 g/mol. The van der Waals surface area contributed by atoms with Gasteiger partial charge in [0.05, 0.1) is 0 Å². The van der Waals surface area contributed by atoms with E-state index in [0.29, 0.717) is 23.7 Å². The highest BCUT2D eigenvalue weighted by Gasteiger charge is 2.20. The minimum atomic E-state index is -0.639. The summed E-state index contributed by atoms with van der Waals surface area (Å²) in [4.78, 5) is 16.7. The zero-order valence-electron chi connectivity index (χ0n) is 12.9. The first-order chi connectivity index (χ1) is 11.2. The van der Waals surface area contributed by atoms with Crippen molar-refractivity contribution >= 4 is 22.6 Å². The molecule has 0 fully saturated rings. The summed E-state index contributed by atoms with van der Waals surface area (Å²) in [5, 5.41) is 7.41. The first-order valence-electron chi connectivity index (χ1n) is 7.42. The molecule has 23 heavy (non-hydrogen) atoms. The van der Waals surface area contributed by atoms with E-state index >= 15 is 0 Å². The monoisotopic (exact) mass is 311 g/mol. The summed E-state index contributed by atoms with van der Waals surface area (Å²) in [5.41, 5.74) is 0.735. The van der Waals surface area contributed by atoms with Gasteiger partial charge >= 0.3 is 0 Å². The zero-order chi connectivity index (χ0) is 16.2. The molecule has 6 nitrogen and oxygen atoms in total. The number of aryl methyl sites for hydroxylation is 1. The number of nitrogens with one attached hydrogen (secondary N) is 1. The number of rotatable bonds is 5. The van der Waals surface area contributed by atoms with Gasteiger partial charge in [0, 0.05) is 17.6 Å². The van der Waals surface area contributed by atoms with Gasteiger partial charge in [0.1, 0.15) is 17.0 Å². The fraction of sp³-hybridized carbons (Fsp3) is 0.235.